The first-order valence-corrected chi connectivity index (χ1v) is 43.9. The number of Topliss-reactive ketones (excluding diaryl/α,β-unsaturated/α-hetero) is 4. The Labute approximate surface area is 774 Å². The number of likely N-dealkylation sites (tertiary alicyclic amines) is 2. The molecule has 2 amide bonds. The van der Waals surface area contributed by atoms with Crippen molar-refractivity contribution < 1.29 is 135 Å². The molecule has 38 heteroatoms. The van der Waals surface area contributed by atoms with Crippen LogP contribution in [0.3, 0.4) is 0 Å². The van der Waals surface area contributed by atoms with Crippen molar-refractivity contribution >= 4 is 34.9 Å². The number of ketones is 4. The van der Waals surface area contributed by atoms with Gasteiger partial charge < -0.3 is 36.9 Å². The van der Waals surface area contributed by atoms with Crippen LogP contribution in [0.5, 0.6) is 0 Å². The van der Waals surface area contributed by atoms with Gasteiger partial charge in [0.2, 0.25) is 34.6 Å². The lowest BCUT2D eigenvalue weighted by atomic mass is 9.84. The Kier molecular flexibility index (Phi) is 33.2. The quantitative estimate of drug-likeness (QED) is 0.0723. The fraction of sp³-hybridized carbons (Fsp3) is 0.394. The minimum atomic E-state index is -4.57. The minimum Gasteiger partial charge on any atom is -0.351 e. The summed E-state index contributed by atoms with van der Waals surface area (Å²) >= 11 is 0. The summed E-state index contributed by atoms with van der Waals surface area (Å²) in [6.07, 6.45) is -10.8. The number of carbonyl (C=O) groups is 6. The van der Waals surface area contributed by atoms with Gasteiger partial charge in [-0.15, -0.1) is 0 Å². The molecule has 0 N–H and O–H groups in total. The van der Waals surface area contributed by atoms with Crippen LogP contribution in [0.25, 0.3) is 67.5 Å². The van der Waals surface area contributed by atoms with Crippen molar-refractivity contribution in [2.45, 2.75) is 202 Å². The van der Waals surface area contributed by atoms with Crippen LogP contribution in [0.4, 0.5) is 79.0 Å². The normalized spacial score (nSPS) is 14.9. The van der Waals surface area contributed by atoms with E-state index in [1.54, 1.807) is 192 Å². The van der Waals surface area contributed by atoms with Crippen molar-refractivity contribution in [2.75, 3.05) is 26.2 Å². The Morgan fingerprint density at radius 3 is 0.701 bits per heavy atom. The van der Waals surface area contributed by atoms with E-state index in [-0.39, 0.29) is 97.6 Å². The zero-order valence-electron chi connectivity index (χ0n) is 75.7. The zero-order chi connectivity index (χ0) is 100. The Balaban J connectivity index is 0.000000158. The fourth-order valence-corrected chi connectivity index (χ4v) is 15.6. The van der Waals surface area contributed by atoms with Gasteiger partial charge >= 0.3 is 37.1 Å². The van der Waals surface area contributed by atoms with E-state index in [2.05, 4.69) is 58.1 Å². The van der Waals surface area contributed by atoms with Gasteiger partial charge in [0.15, 0.2) is 23.1 Å². The van der Waals surface area contributed by atoms with Crippen LogP contribution < -0.4 is 0 Å². The highest BCUT2D eigenvalue weighted by molar-refractivity contribution is 6.02. The molecule has 2 saturated heterocycles. The largest absolute Gasteiger partial charge is 0.452 e. The van der Waals surface area contributed by atoms with Gasteiger partial charge in [0, 0.05) is 150 Å². The molecule has 137 heavy (non-hydrogen) atoms. The summed E-state index contributed by atoms with van der Waals surface area (Å²) in [5, 5.41) is 20.8. The molecule has 8 heterocycles. The van der Waals surface area contributed by atoms with Crippen LogP contribution in [-0.4, -0.2) is 102 Å². The SMILES string of the molecule is CC(C)(C)C(=O)c1ccc(-c2cc(C(F)(F)F)on2)cc1.Cc1c(-c2ccc(C(=O)C(C)(C)C)cc2)noc1C(F)(F)F.Cc1c(-c2ccc(C(=O)C3CCCCC3)cc2)noc1C(F)(F)F.Cc1c(-c2ccc(C(=O)N3CCCCC3)cc2)noc1C(F)(F)F.O=C(c1ccc(-c2cc(C(F)(F)F)on2)cc1)C1CCCCC1.O=C(c1ccc(-c2cc(C(F)(F)F)on2)cc1)N1CCCCC1. The number of halogens is 18. The molecule has 12 aromatic rings. The maximum absolute atomic E-state index is 12.8. The number of aromatic nitrogens is 6. The predicted octanol–water partition coefficient (Wildman–Crippen LogP) is 28.3. The van der Waals surface area contributed by atoms with Gasteiger partial charge in [-0.1, -0.05) is 232 Å². The lowest BCUT2D eigenvalue weighted by Gasteiger charge is -2.26. The van der Waals surface area contributed by atoms with Crippen LogP contribution >= 0.6 is 0 Å². The maximum Gasteiger partial charge on any atom is 0.452 e. The van der Waals surface area contributed by atoms with E-state index in [1.165, 1.54) is 33.6 Å². The van der Waals surface area contributed by atoms with Crippen molar-refractivity contribution in [2.24, 2.45) is 22.7 Å². The number of benzene rings is 6. The highest BCUT2D eigenvalue weighted by Gasteiger charge is 2.44. The molecular formula is C99H96F18N8O12. The van der Waals surface area contributed by atoms with Gasteiger partial charge in [0.05, 0.1) is 0 Å². The summed E-state index contributed by atoms with van der Waals surface area (Å²) in [5.41, 5.74) is 5.64. The Bertz CT molecular complexity index is 5830. The van der Waals surface area contributed by atoms with E-state index in [1.807, 2.05) is 4.90 Å². The standard InChI is InChI=1S/C18H18F3NO2.C17H17F3N2O2.C17H16F3NO2.C16H15F3N2O2.C16H16F3NO2.C15H14F3NO2/c1-11-15(22-24-17(11)18(19,20)21)12-7-9-14(10-8-12)16(23)13-5-3-2-4-6-13;1-11-14(21-24-15(11)17(18,19)20)12-5-7-13(8-6-12)16(23)22-9-3-2-4-10-22;18-17(19,20)15-10-14(21-23-15)11-6-8-13(9-7-11)16(22)12-4-2-1-3-5-12;17-16(18,19)14-10-13(20-23-14)11-4-6-12(7-5-11)15(22)21-8-2-1-3-9-21;1-9-12(20-22-14(9)16(17,18)19)10-5-7-11(8-6-10)13(21)15(2,3)4;1-14(2,3)13(20)10-6-4-9(5-7-10)11-8-12(21-19-11)15(16,17)18/h7-10,13H,2-6H2,1H3;5-8H,2-4,9-10H2,1H3;6-10,12H,1-5H2;4-7,10H,1-3,8-9H2;5-8H,1-4H3;4-8H,1-3H3. The number of piperidine rings is 2. The number of nitrogens with zero attached hydrogens (tertiary/aromatic N) is 8. The maximum atomic E-state index is 12.8. The Morgan fingerprint density at radius 2 is 0.489 bits per heavy atom. The second-order valence-corrected chi connectivity index (χ2v) is 35.4. The van der Waals surface area contributed by atoms with Gasteiger partial charge in [-0.2, -0.15) is 79.0 Å². The smallest absolute Gasteiger partial charge is 0.351 e. The summed E-state index contributed by atoms with van der Waals surface area (Å²) in [5.74, 6) is -6.49. The van der Waals surface area contributed by atoms with Crippen LogP contribution in [-0.2, 0) is 37.1 Å². The molecular weight excluding hydrogens is 1840 g/mol. The molecule has 4 aliphatic rings. The molecule has 730 valence electrons. The van der Waals surface area contributed by atoms with Crippen LogP contribution in [0, 0.1) is 43.4 Å². The van der Waals surface area contributed by atoms with Crippen molar-refractivity contribution in [3.8, 4) is 67.5 Å². The molecule has 0 radical (unpaired) electrons. The first-order valence-electron chi connectivity index (χ1n) is 43.9. The monoisotopic (exact) mass is 1930 g/mol. The van der Waals surface area contributed by atoms with E-state index in [4.69, 9.17) is 0 Å². The summed E-state index contributed by atoms with van der Waals surface area (Å²) in [4.78, 5) is 77.4. The molecule has 6 aromatic heterocycles. The highest BCUT2D eigenvalue weighted by Crippen LogP contribution is 2.43. The summed E-state index contributed by atoms with van der Waals surface area (Å²) < 4.78 is 253. The molecule has 16 rings (SSSR count). The number of hydrogen-bond acceptors (Lipinski definition) is 18. The molecule has 0 unspecified atom stereocenters. The first kappa shape index (κ1) is 104. The fourth-order valence-electron chi connectivity index (χ4n) is 15.6. The van der Waals surface area contributed by atoms with Crippen molar-refractivity contribution in [3.63, 3.8) is 0 Å². The topological polar surface area (TPSA) is 265 Å². The van der Waals surface area contributed by atoms with Gasteiger partial charge in [0.1, 0.15) is 34.2 Å². The molecule has 6 aromatic carbocycles. The van der Waals surface area contributed by atoms with Crippen molar-refractivity contribution in [1.29, 1.82) is 0 Å². The lowest BCUT2D eigenvalue weighted by molar-refractivity contribution is -0.156. The molecule has 4 fully saturated rings. The van der Waals surface area contributed by atoms with Gasteiger partial charge in [-0.05, 0) is 109 Å². The third-order valence-corrected chi connectivity index (χ3v) is 23.1. The van der Waals surface area contributed by atoms with Gasteiger partial charge in [0.25, 0.3) is 11.8 Å². The van der Waals surface area contributed by atoms with E-state index in [9.17, 15) is 108 Å². The number of hydrogen-bond donors (Lipinski definition) is 0. The van der Waals surface area contributed by atoms with Crippen LogP contribution in [0.2, 0.25) is 0 Å². The first-order chi connectivity index (χ1) is 64.3. The number of rotatable bonds is 14. The number of amides is 2. The molecule has 2 aliphatic heterocycles. The average molecular weight is 1930 g/mol. The Morgan fingerprint density at radius 1 is 0.270 bits per heavy atom. The summed E-state index contributed by atoms with van der Waals surface area (Å²) in [6, 6.07) is 41.0. The zero-order valence-corrected chi connectivity index (χ0v) is 75.7. The van der Waals surface area contributed by atoms with Gasteiger partial charge in [-0.25, -0.2) is 0 Å². The Hall–Kier alpha value is -13.1. The number of alkyl halides is 18. The van der Waals surface area contributed by atoms with E-state index >= 15 is 0 Å². The van der Waals surface area contributed by atoms with Crippen LogP contribution in [0.15, 0.2) is 191 Å². The second kappa shape index (κ2) is 43.5. The lowest BCUT2D eigenvalue weighted by Crippen LogP contribution is -2.35. The van der Waals surface area contributed by atoms with E-state index < -0.39 is 82.4 Å². The third-order valence-electron chi connectivity index (χ3n) is 23.1. The average Bonchev–Trinajstić information content (AvgIpc) is 1.66. The second-order valence-electron chi connectivity index (χ2n) is 35.4. The molecule has 0 atom stereocenters. The molecule has 2 saturated carbocycles. The van der Waals surface area contributed by atoms with E-state index in [0.29, 0.717) is 66.8 Å². The van der Waals surface area contributed by atoms with Crippen molar-refractivity contribution in [3.05, 3.63) is 248 Å². The van der Waals surface area contributed by atoms with E-state index in [0.717, 1.165) is 134 Å². The van der Waals surface area contributed by atoms with Crippen molar-refractivity contribution in [1.82, 2.24) is 40.7 Å². The highest BCUT2D eigenvalue weighted by atomic mass is 19.4. The molecule has 20 nitrogen and oxygen atoms in total. The number of carbonyl (C=O) groups excluding carboxylic acids is 6. The molecule has 0 spiro atoms. The third kappa shape index (κ3) is 27.2. The van der Waals surface area contributed by atoms with Gasteiger partial charge in [-0.3, -0.25) is 28.8 Å². The molecule has 2 aliphatic carbocycles. The summed E-state index contributed by atoms with van der Waals surface area (Å²) in [6.45, 7) is 17.8. The summed E-state index contributed by atoms with van der Waals surface area (Å²) in [7, 11) is 0. The molecule has 0 bridgehead atoms. The predicted molar refractivity (Wildman–Crippen MR) is 465 cm³/mol. The van der Waals surface area contributed by atoms with Crippen LogP contribution in [0.1, 0.15) is 258 Å². The minimum absolute atomic E-state index is 0.0353.